The summed E-state index contributed by atoms with van der Waals surface area (Å²) in [5, 5.41) is 6.71. The molecule has 0 aliphatic heterocycles. The summed E-state index contributed by atoms with van der Waals surface area (Å²) in [5.74, 6) is -1.87. The number of ether oxygens (including phenoxy) is 1. The standard InChI is InChI=1S/C23H16F2N4O3/c24-14-5-10-20(18(25)13-14)29-12-11-19(28-29)23(31)27-15-6-8-16(9-7-15)32-21-4-2-1-3-17(21)22(26)30/h1-13H,(H2,26,30)(H,27,31). The minimum absolute atomic E-state index is 0.0168. The third kappa shape index (κ3) is 4.46. The predicted molar refractivity (Wildman–Crippen MR) is 113 cm³/mol. The summed E-state index contributed by atoms with van der Waals surface area (Å²) in [5.41, 5.74) is 6.12. The normalized spacial score (nSPS) is 10.6. The van der Waals surface area contributed by atoms with Gasteiger partial charge >= 0.3 is 0 Å². The maximum absolute atomic E-state index is 13.9. The number of nitrogens with two attached hydrogens (primary N) is 1. The van der Waals surface area contributed by atoms with Crippen LogP contribution in [0.3, 0.4) is 0 Å². The Bertz CT molecular complexity index is 1300. The Morgan fingerprint density at radius 3 is 2.44 bits per heavy atom. The number of carbonyl (C=O) groups is 2. The van der Waals surface area contributed by atoms with Crippen molar-refractivity contribution in [1.82, 2.24) is 9.78 Å². The molecular formula is C23H16F2N4O3. The van der Waals surface area contributed by atoms with Crippen LogP contribution in [-0.4, -0.2) is 21.6 Å². The van der Waals surface area contributed by atoms with Crippen LogP contribution in [-0.2, 0) is 0 Å². The number of aromatic nitrogens is 2. The van der Waals surface area contributed by atoms with E-state index in [0.717, 1.165) is 16.8 Å². The van der Waals surface area contributed by atoms with Crippen molar-refractivity contribution in [1.29, 1.82) is 0 Å². The van der Waals surface area contributed by atoms with Gasteiger partial charge in [0.1, 0.15) is 23.0 Å². The summed E-state index contributed by atoms with van der Waals surface area (Å²) in [6, 6.07) is 17.5. The molecule has 0 saturated heterocycles. The second-order valence-electron chi connectivity index (χ2n) is 6.68. The molecule has 0 aliphatic carbocycles. The van der Waals surface area contributed by atoms with Crippen molar-refractivity contribution in [3.8, 4) is 17.2 Å². The predicted octanol–water partition coefficient (Wildman–Crippen LogP) is 4.29. The van der Waals surface area contributed by atoms with Crippen LogP contribution in [0.4, 0.5) is 14.5 Å². The van der Waals surface area contributed by atoms with Gasteiger partial charge in [0.05, 0.1) is 5.56 Å². The van der Waals surface area contributed by atoms with E-state index >= 15 is 0 Å². The fourth-order valence-corrected chi connectivity index (χ4v) is 2.93. The van der Waals surface area contributed by atoms with Gasteiger partial charge in [-0.05, 0) is 54.6 Å². The van der Waals surface area contributed by atoms with Crippen LogP contribution < -0.4 is 15.8 Å². The van der Waals surface area contributed by atoms with Gasteiger partial charge in [-0.1, -0.05) is 12.1 Å². The Balaban J connectivity index is 1.45. The maximum atomic E-state index is 13.9. The van der Waals surface area contributed by atoms with Crippen LogP contribution in [0.1, 0.15) is 20.8 Å². The van der Waals surface area contributed by atoms with Crippen molar-refractivity contribution < 1.29 is 23.1 Å². The van der Waals surface area contributed by atoms with E-state index in [1.807, 2.05) is 0 Å². The van der Waals surface area contributed by atoms with E-state index in [4.69, 9.17) is 10.5 Å². The zero-order valence-electron chi connectivity index (χ0n) is 16.5. The molecule has 0 saturated carbocycles. The zero-order valence-corrected chi connectivity index (χ0v) is 16.5. The molecule has 0 bridgehead atoms. The number of hydrogen-bond acceptors (Lipinski definition) is 4. The number of hydrogen-bond donors (Lipinski definition) is 2. The van der Waals surface area contributed by atoms with E-state index in [9.17, 15) is 18.4 Å². The Morgan fingerprint density at radius 2 is 1.72 bits per heavy atom. The lowest BCUT2D eigenvalue weighted by atomic mass is 10.2. The number of anilines is 1. The van der Waals surface area contributed by atoms with E-state index in [0.29, 0.717) is 17.2 Å². The molecule has 4 aromatic rings. The average molecular weight is 434 g/mol. The summed E-state index contributed by atoms with van der Waals surface area (Å²) in [4.78, 5) is 24.0. The largest absolute Gasteiger partial charge is 0.457 e. The topological polar surface area (TPSA) is 99.2 Å². The number of rotatable bonds is 6. The molecule has 9 heteroatoms. The number of primary amides is 1. The first kappa shape index (κ1) is 20.7. The molecule has 2 amide bonds. The number of nitrogens with one attached hydrogen (secondary N) is 1. The number of para-hydroxylation sites is 1. The Morgan fingerprint density at radius 1 is 0.969 bits per heavy atom. The molecule has 1 aromatic heterocycles. The highest BCUT2D eigenvalue weighted by molar-refractivity contribution is 6.02. The van der Waals surface area contributed by atoms with E-state index in [2.05, 4.69) is 10.4 Å². The van der Waals surface area contributed by atoms with E-state index in [-0.39, 0.29) is 16.9 Å². The van der Waals surface area contributed by atoms with Crippen LogP contribution in [0.25, 0.3) is 5.69 Å². The number of nitrogens with zero attached hydrogens (tertiary/aromatic N) is 2. The molecule has 7 nitrogen and oxygen atoms in total. The van der Waals surface area contributed by atoms with Crippen molar-refractivity contribution in [2.24, 2.45) is 5.73 Å². The fraction of sp³-hybridized carbons (Fsp3) is 0. The molecule has 1 heterocycles. The molecule has 0 radical (unpaired) electrons. The SMILES string of the molecule is NC(=O)c1ccccc1Oc1ccc(NC(=O)c2ccn(-c3ccc(F)cc3F)n2)cc1. The van der Waals surface area contributed by atoms with Crippen LogP contribution in [0, 0.1) is 11.6 Å². The zero-order chi connectivity index (χ0) is 22.7. The summed E-state index contributed by atoms with van der Waals surface area (Å²) < 4.78 is 33.8. The average Bonchev–Trinajstić information content (AvgIpc) is 3.25. The minimum Gasteiger partial charge on any atom is -0.457 e. The third-order valence-electron chi connectivity index (χ3n) is 4.47. The summed E-state index contributed by atoms with van der Waals surface area (Å²) >= 11 is 0. The lowest BCUT2D eigenvalue weighted by Crippen LogP contribution is -2.13. The van der Waals surface area contributed by atoms with Crippen molar-refractivity contribution in [2.45, 2.75) is 0 Å². The Hall–Kier alpha value is -4.53. The van der Waals surface area contributed by atoms with E-state index < -0.39 is 23.4 Å². The lowest BCUT2D eigenvalue weighted by Gasteiger charge is -2.10. The van der Waals surface area contributed by atoms with Crippen LogP contribution in [0.15, 0.2) is 79.0 Å². The maximum Gasteiger partial charge on any atom is 0.276 e. The van der Waals surface area contributed by atoms with Crippen molar-refractivity contribution >= 4 is 17.5 Å². The molecule has 0 aliphatic rings. The molecule has 0 fully saturated rings. The van der Waals surface area contributed by atoms with Crippen molar-refractivity contribution in [3.63, 3.8) is 0 Å². The molecule has 0 spiro atoms. The highest BCUT2D eigenvalue weighted by Crippen LogP contribution is 2.26. The summed E-state index contributed by atoms with van der Waals surface area (Å²) in [6.07, 6.45) is 1.40. The first-order valence-electron chi connectivity index (χ1n) is 9.40. The first-order valence-corrected chi connectivity index (χ1v) is 9.40. The van der Waals surface area contributed by atoms with Gasteiger partial charge in [0.15, 0.2) is 11.5 Å². The van der Waals surface area contributed by atoms with Crippen molar-refractivity contribution in [2.75, 3.05) is 5.32 Å². The summed E-state index contributed by atoms with van der Waals surface area (Å²) in [7, 11) is 0. The first-order chi connectivity index (χ1) is 15.4. The number of halogens is 2. The van der Waals surface area contributed by atoms with Gasteiger partial charge in [0.25, 0.3) is 11.8 Å². The van der Waals surface area contributed by atoms with E-state index in [1.54, 1.807) is 48.5 Å². The van der Waals surface area contributed by atoms with Gasteiger partial charge in [-0.15, -0.1) is 0 Å². The fourth-order valence-electron chi connectivity index (χ4n) is 2.93. The van der Waals surface area contributed by atoms with Gasteiger partial charge in [0.2, 0.25) is 0 Å². The molecule has 0 unspecified atom stereocenters. The monoisotopic (exact) mass is 434 g/mol. The quantitative estimate of drug-likeness (QED) is 0.473. The Labute approximate surface area is 181 Å². The summed E-state index contributed by atoms with van der Waals surface area (Å²) in [6.45, 7) is 0. The highest BCUT2D eigenvalue weighted by atomic mass is 19.1. The smallest absolute Gasteiger partial charge is 0.276 e. The van der Waals surface area contributed by atoms with Gasteiger partial charge in [-0.3, -0.25) is 9.59 Å². The number of benzene rings is 3. The second-order valence-corrected chi connectivity index (χ2v) is 6.68. The molecular weight excluding hydrogens is 418 g/mol. The molecule has 3 N–H and O–H groups in total. The van der Waals surface area contributed by atoms with Gasteiger partial charge < -0.3 is 15.8 Å². The number of carbonyl (C=O) groups excluding carboxylic acids is 2. The molecule has 3 aromatic carbocycles. The van der Waals surface area contributed by atoms with Crippen LogP contribution in [0.2, 0.25) is 0 Å². The molecule has 32 heavy (non-hydrogen) atoms. The van der Waals surface area contributed by atoms with Gasteiger partial charge in [-0.25, -0.2) is 13.5 Å². The Kier molecular flexibility index (Phi) is 5.63. The van der Waals surface area contributed by atoms with Gasteiger partial charge in [-0.2, -0.15) is 5.10 Å². The van der Waals surface area contributed by atoms with Crippen LogP contribution in [0.5, 0.6) is 11.5 Å². The van der Waals surface area contributed by atoms with Crippen LogP contribution >= 0.6 is 0 Å². The molecule has 160 valence electrons. The lowest BCUT2D eigenvalue weighted by molar-refractivity contribution is 0.0995. The minimum atomic E-state index is -0.798. The second kappa shape index (κ2) is 8.68. The number of amides is 2. The molecule has 0 atom stereocenters. The molecule has 4 rings (SSSR count). The van der Waals surface area contributed by atoms with Crippen molar-refractivity contribution in [3.05, 3.63) is 102 Å². The van der Waals surface area contributed by atoms with Gasteiger partial charge in [0, 0.05) is 18.0 Å². The third-order valence-corrected chi connectivity index (χ3v) is 4.47. The van der Waals surface area contributed by atoms with E-state index in [1.165, 1.54) is 18.3 Å². The highest BCUT2D eigenvalue weighted by Gasteiger charge is 2.14.